The average molecular weight is 420 g/mol. The van der Waals surface area contributed by atoms with E-state index >= 15 is 0 Å². The number of rotatable bonds is 5. The molecule has 0 radical (unpaired) electrons. The lowest BCUT2D eigenvalue weighted by atomic mass is 9.64. The zero-order valence-corrected chi connectivity index (χ0v) is 18.2. The number of aliphatic carboxylic acids is 1. The number of carbonyl (C=O) groups excluding carboxylic acids is 2. The van der Waals surface area contributed by atoms with E-state index in [0.717, 1.165) is 30.6 Å². The highest BCUT2D eigenvalue weighted by Gasteiger charge is 2.52. The van der Waals surface area contributed by atoms with Gasteiger partial charge in [-0.2, -0.15) is 0 Å². The molecule has 3 rings (SSSR count). The van der Waals surface area contributed by atoms with Gasteiger partial charge in [-0.25, -0.2) is 4.79 Å². The first-order valence-electron chi connectivity index (χ1n) is 10.9. The van der Waals surface area contributed by atoms with Gasteiger partial charge >= 0.3 is 5.97 Å². The van der Waals surface area contributed by atoms with Crippen LogP contribution in [0.3, 0.4) is 0 Å². The second-order valence-electron chi connectivity index (χ2n) is 9.53. The Morgan fingerprint density at radius 1 is 1.20 bits per heavy atom. The number of aliphatic hydroxyl groups excluding tert-OH is 1. The van der Waals surface area contributed by atoms with Crippen LogP contribution in [-0.4, -0.2) is 56.6 Å². The smallest absolute Gasteiger partial charge is 0.336 e. The van der Waals surface area contributed by atoms with Crippen LogP contribution in [0, 0.1) is 29.6 Å². The number of hydrogen-bond acceptors (Lipinski definition) is 5. The van der Waals surface area contributed by atoms with Crippen LogP contribution in [0.1, 0.15) is 52.9 Å². The molecule has 1 saturated carbocycles. The third-order valence-corrected chi connectivity index (χ3v) is 7.52. The number of carboxylic acid groups (broad SMARTS) is 1. The first kappa shape index (κ1) is 22.5. The lowest BCUT2D eigenvalue weighted by Gasteiger charge is -2.41. The molecule has 166 valence electrons. The number of nitrogens with zero attached hydrogens (tertiary/aromatic N) is 1. The Morgan fingerprint density at radius 3 is 2.43 bits per heavy atom. The molecule has 0 aromatic heterocycles. The van der Waals surface area contributed by atoms with Crippen molar-refractivity contribution in [1.29, 1.82) is 0 Å². The summed E-state index contributed by atoms with van der Waals surface area (Å²) in [5, 5.41) is 31.3. The van der Waals surface area contributed by atoms with E-state index in [-0.39, 0.29) is 29.1 Å². The topological polar surface area (TPSA) is 115 Å². The Kier molecular flexibility index (Phi) is 6.14. The van der Waals surface area contributed by atoms with Gasteiger partial charge in [-0.15, -0.1) is 0 Å². The predicted molar refractivity (Wildman–Crippen MR) is 111 cm³/mol. The van der Waals surface area contributed by atoms with Gasteiger partial charge < -0.3 is 20.2 Å². The summed E-state index contributed by atoms with van der Waals surface area (Å²) in [6, 6.07) is -1.12. The lowest BCUT2D eigenvalue weighted by molar-refractivity contribution is -0.166. The number of Topliss-reactive ketones (excluding diaryl/α,β-unsaturated/α-hetero) is 1. The number of amides is 1. The van der Waals surface area contributed by atoms with Crippen molar-refractivity contribution in [3.63, 3.8) is 0 Å². The summed E-state index contributed by atoms with van der Waals surface area (Å²) >= 11 is 0. The summed E-state index contributed by atoms with van der Waals surface area (Å²) in [5.74, 6) is -3.25. The van der Waals surface area contributed by atoms with E-state index in [0.29, 0.717) is 5.92 Å². The summed E-state index contributed by atoms with van der Waals surface area (Å²) in [6.07, 6.45) is 8.02. The average Bonchev–Trinajstić information content (AvgIpc) is 2.90. The summed E-state index contributed by atoms with van der Waals surface area (Å²) in [4.78, 5) is 39.0. The summed E-state index contributed by atoms with van der Waals surface area (Å²) in [7, 11) is 1.42. The summed E-state index contributed by atoms with van der Waals surface area (Å²) < 4.78 is 0. The van der Waals surface area contributed by atoms with E-state index in [4.69, 9.17) is 0 Å². The Labute approximate surface area is 177 Å². The number of ketones is 1. The minimum Gasteiger partial charge on any atom is -0.511 e. The number of aliphatic hydroxyl groups is 2. The number of likely N-dealkylation sites (tertiary alicyclic amines) is 1. The Bertz CT molecular complexity index is 800. The van der Waals surface area contributed by atoms with E-state index in [1.54, 1.807) is 13.8 Å². The molecule has 0 spiro atoms. The van der Waals surface area contributed by atoms with Gasteiger partial charge in [0.15, 0.2) is 11.4 Å². The Morgan fingerprint density at radius 2 is 1.83 bits per heavy atom. The minimum absolute atomic E-state index is 0.00609. The van der Waals surface area contributed by atoms with Crippen molar-refractivity contribution in [3.8, 4) is 0 Å². The van der Waals surface area contributed by atoms with Gasteiger partial charge in [0.1, 0.15) is 11.3 Å². The lowest BCUT2D eigenvalue weighted by Crippen LogP contribution is -2.49. The maximum Gasteiger partial charge on any atom is 0.336 e. The van der Waals surface area contributed by atoms with Crippen molar-refractivity contribution in [2.24, 2.45) is 29.6 Å². The first-order chi connectivity index (χ1) is 14.0. The molecule has 0 bridgehead atoms. The maximum atomic E-state index is 13.2. The molecular formula is C23H33NO6. The fourth-order valence-corrected chi connectivity index (χ4v) is 5.42. The van der Waals surface area contributed by atoms with E-state index in [1.807, 2.05) is 6.92 Å². The van der Waals surface area contributed by atoms with Crippen LogP contribution in [0.5, 0.6) is 0 Å². The molecule has 1 saturated heterocycles. The second kappa shape index (κ2) is 8.17. The molecule has 6 atom stereocenters. The predicted octanol–water partition coefficient (Wildman–Crippen LogP) is 2.70. The minimum atomic E-state index is -2.14. The Balaban J connectivity index is 1.97. The SMILES string of the molecule is CC(C)C(O)(CC1C(=O)/C(=C(\O)[C@H]2[C@@H]3CCCC[C@H]3C=C[C@H]2C)C(=O)N1C)C(=O)O. The fourth-order valence-electron chi connectivity index (χ4n) is 5.42. The van der Waals surface area contributed by atoms with Crippen molar-refractivity contribution in [1.82, 2.24) is 4.90 Å². The normalized spacial score (nSPS) is 35.4. The first-order valence-corrected chi connectivity index (χ1v) is 10.9. The molecule has 7 nitrogen and oxygen atoms in total. The van der Waals surface area contributed by atoms with Crippen molar-refractivity contribution in [2.75, 3.05) is 7.05 Å². The third-order valence-electron chi connectivity index (χ3n) is 7.52. The summed E-state index contributed by atoms with van der Waals surface area (Å²) in [5.41, 5.74) is -2.38. The highest BCUT2D eigenvalue weighted by Crippen LogP contribution is 2.46. The zero-order chi connectivity index (χ0) is 22.4. The molecule has 0 aromatic carbocycles. The van der Waals surface area contributed by atoms with Crippen LogP contribution in [0.25, 0.3) is 0 Å². The van der Waals surface area contributed by atoms with Gasteiger partial charge in [0.25, 0.3) is 5.91 Å². The molecular weight excluding hydrogens is 386 g/mol. The number of allylic oxidation sites excluding steroid dienone is 3. The van der Waals surface area contributed by atoms with Gasteiger partial charge in [-0.3, -0.25) is 9.59 Å². The molecule has 3 aliphatic rings. The number of carbonyl (C=O) groups is 3. The van der Waals surface area contributed by atoms with Crippen LogP contribution in [-0.2, 0) is 14.4 Å². The van der Waals surface area contributed by atoms with Crippen LogP contribution < -0.4 is 0 Å². The molecule has 2 unspecified atom stereocenters. The molecule has 1 heterocycles. The van der Waals surface area contributed by atoms with Gasteiger partial charge in [0.2, 0.25) is 0 Å². The molecule has 1 aliphatic heterocycles. The fraction of sp³-hybridized carbons (Fsp3) is 0.696. The molecule has 0 aromatic rings. The van der Waals surface area contributed by atoms with E-state index in [1.165, 1.54) is 7.05 Å². The van der Waals surface area contributed by atoms with Crippen molar-refractivity contribution in [2.45, 2.75) is 64.5 Å². The van der Waals surface area contributed by atoms with Crippen LogP contribution in [0.4, 0.5) is 0 Å². The second-order valence-corrected chi connectivity index (χ2v) is 9.53. The molecule has 2 aliphatic carbocycles. The molecule has 30 heavy (non-hydrogen) atoms. The molecule has 2 fully saturated rings. The number of likely N-dealkylation sites (N-methyl/N-ethyl adjacent to an activating group) is 1. The quantitative estimate of drug-likeness (QED) is 0.273. The molecule has 7 heteroatoms. The van der Waals surface area contributed by atoms with Gasteiger partial charge in [-0.05, 0) is 36.5 Å². The van der Waals surface area contributed by atoms with Crippen molar-refractivity contribution < 1.29 is 29.7 Å². The standard InChI is InChI=1S/C23H33NO6/c1-12(2)23(30,22(28)29)11-16-19(25)18(21(27)24(16)4)20(26)17-13(3)9-10-14-7-5-6-8-15(14)17/h9-10,12-17,26,30H,5-8,11H2,1-4H3,(H,28,29)/b20-18+/t13-,14+,15-,16?,17-,23?/m1/s1. The highest BCUT2D eigenvalue weighted by molar-refractivity contribution is 6.26. The maximum absolute atomic E-state index is 13.2. The number of fused-ring (bicyclic) bond motifs is 1. The van der Waals surface area contributed by atoms with E-state index < -0.39 is 41.6 Å². The van der Waals surface area contributed by atoms with Crippen LogP contribution >= 0.6 is 0 Å². The number of hydrogen-bond donors (Lipinski definition) is 3. The van der Waals surface area contributed by atoms with Crippen molar-refractivity contribution in [3.05, 3.63) is 23.5 Å². The molecule has 3 N–H and O–H groups in total. The number of carboxylic acids is 1. The van der Waals surface area contributed by atoms with Gasteiger partial charge in [0.05, 0.1) is 6.04 Å². The van der Waals surface area contributed by atoms with Crippen LogP contribution in [0.15, 0.2) is 23.5 Å². The van der Waals surface area contributed by atoms with Crippen molar-refractivity contribution >= 4 is 17.7 Å². The van der Waals surface area contributed by atoms with Crippen LogP contribution in [0.2, 0.25) is 0 Å². The highest BCUT2D eigenvalue weighted by atomic mass is 16.4. The monoisotopic (exact) mass is 419 g/mol. The van der Waals surface area contributed by atoms with E-state index in [9.17, 15) is 29.7 Å². The van der Waals surface area contributed by atoms with Gasteiger partial charge in [-0.1, -0.05) is 45.8 Å². The summed E-state index contributed by atoms with van der Waals surface area (Å²) in [6.45, 7) is 5.10. The zero-order valence-electron chi connectivity index (χ0n) is 18.2. The third kappa shape index (κ3) is 3.57. The molecule has 1 amide bonds. The van der Waals surface area contributed by atoms with Gasteiger partial charge in [0, 0.05) is 19.4 Å². The van der Waals surface area contributed by atoms with E-state index in [2.05, 4.69) is 12.2 Å². The Hall–Kier alpha value is -2.15. The largest absolute Gasteiger partial charge is 0.511 e.